The predicted octanol–water partition coefficient (Wildman–Crippen LogP) is 1.02. The van der Waals surface area contributed by atoms with Crippen LogP contribution in [0.15, 0.2) is 23.1 Å². The van der Waals surface area contributed by atoms with E-state index in [1.165, 1.54) is 10.4 Å². The van der Waals surface area contributed by atoms with Crippen molar-refractivity contribution in [3.8, 4) is 0 Å². The van der Waals surface area contributed by atoms with E-state index in [0.29, 0.717) is 11.1 Å². The van der Waals surface area contributed by atoms with Gasteiger partial charge in [0.05, 0.1) is 11.5 Å². The Kier molecular flexibility index (Phi) is 5.64. The Morgan fingerprint density at radius 3 is 2.50 bits per heavy atom. The van der Waals surface area contributed by atoms with Crippen molar-refractivity contribution in [3.05, 3.63) is 29.3 Å². The second kappa shape index (κ2) is 6.62. The number of nitrogens with two attached hydrogens (primary N) is 1. The summed E-state index contributed by atoms with van der Waals surface area (Å²) in [6, 6.07) is 4.61. The molecule has 7 heteroatoms. The molecule has 0 saturated heterocycles. The molecule has 0 heterocycles. The highest BCUT2D eigenvalue weighted by molar-refractivity contribution is 7.89. The minimum atomic E-state index is -3.69. The van der Waals surface area contributed by atoms with E-state index < -0.39 is 10.0 Å². The lowest BCUT2D eigenvalue weighted by Gasteiger charge is -2.26. The standard InChI is InChI=1S/C13H20N2O3S2/c1-9(2)15(6-7-16)20(17,18)12-8-11(13(14)19)5-4-10(12)3/h4-5,8-9,16H,6-7H2,1-3H3,(H2,14,19). The molecule has 0 unspecified atom stereocenters. The summed E-state index contributed by atoms with van der Waals surface area (Å²) < 4.78 is 26.6. The van der Waals surface area contributed by atoms with Gasteiger partial charge in [-0.2, -0.15) is 4.31 Å². The van der Waals surface area contributed by atoms with Gasteiger partial charge in [-0.3, -0.25) is 0 Å². The summed E-state index contributed by atoms with van der Waals surface area (Å²) in [5.41, 5.74) is 6.68. The molecule has 0 aliphatic carbocycles. The first kappa shape index (κ1) is 17.0. The fourth-order valence-electron chi connectivity index (χ4n) is 1.91. The molecule has 0 aromatic heterocycles. The Bertz CT molecular complexity index is 598. The van der Waals surface area contributed by atoms with Crippen molar-refractivity contribution in [2.24, 2.45) is 5.73 Å². The fourth-order valence-corrected chi connectivity index (χ4v) is 3.92. The van der Waals surface area contributed by atoms with Gasteiger partial charge in [0.15, 0.2) is 0 Å². The number of thiocarbonyl (C=S) groups is 1. The van der Waals surface area contributed by atoms with Crippen LogP contribution in [-0.4, -0.2) is 42.0 Å². The third kappa shape index (κ3) is 3.54. The van der Waals surface area contributed by atoms with Gasteiger partial charge < -0.3 is 10.8 Å². The molecule has 0 spiro atoms. The van der Waals surface area contributed by atoms with Crippen molar-refractivity contribution in [3.63, 3.8) is 0 Å². The topological polar surface area (TPSA) is 83.6 Å². The molecule has 1 rings (SSSR count). The number of rotatable bonds is 6. The van der Waals surface area contributed by atoms with Gasteiger partial charge >= 0.3 is 0 Å². The summed E-state index contributed by atoms with van der Waals surface area (Å²) in [5, 5.41) is 9.06. The smallest absolute Gasteiger partial charge is 0.243 e. The fraction of sp³-hybridized carbons (Fsp3) is 0.462. The molecule has 0 aliphatic heterocycles. The monoisotopic (exact) mass is 316 g/mol. The Morgan fingerprint density at radius 2 is 2.05 bits per heavy atom. The van der Waals surface area contributed by atoms with Crippen LogP contribution in [0.4, 0.5) is 0 Å². The summed E-state index contributed by atoms with van der Waals surface area (Å²) in [4.78, 5) is 0.324. The second-order valence-corrected chi connectivity index (χ2v) is 7.08. The van der Waals surface area contributed by atoms with Crippen LogP contribution in [0.5, 0.6) is 0 Å². The van der Waals surface area contributed by atoms with Crippen LogP contribution in [0.1, 0.15) is 25.0 Å². The molecule has 0 fully saturated rings. The van der Waals surface area contributed by atoms with Crippen LogP contribution in [0, 0.1) is 6.92 Å². The number of hydrogen-bond donors (Lipinski definition) is 2. The highest BCUT2D eigenvalue weighted by Gasteiger charge is 2.28. The summed E-state index contributed by atoms with van der Waals surface area (Å²) in [7, 11) is -3.69. The van der Waals surface area contributed by atoms with Crippen LogP contribution >= 0.6 is 12.2 Å². The van der Waals surface area contributed by atoms with E-state index in [2.05, 4.69) is 0 Å². The summed E-state index contributed by atoms with van der Waals surface area (Å²) >= 11 is 4.89. The molecule has 1 aromatic rings. The molecule has 0 amide bonds. The molecule has 20 heavy (non-hydrogen) atoms. The van der Waals surface area contributed by atoms with Gasteiger partial charge in [0, 0.05) is 18.2 Å². The Hall–Kier alpha value is -1.02. The third-order valence-electron chi connectivity index (χ3n) is 2.96. The van der Waals surface area contributed by atoms with Crippen molar-refractivity contribution >= 4 is 27.2 Å². The van der Waals surface area contributed by atoms with Crippen LogP contribution in [-0.2, 0) is 10.0 Å². The lowest BCUT2D eigenvalue weighted by Crippen LogP contribution is -2.39. The zero-order chi connectivity index (χ0) is 15.5. The summed E-state index contributed by atoms with van der Waals surface area (Å²) in [5.74, 6) is 0. The number of aliphatic hydroxyl groups excluding tert-OH is 1. The quantitative estimate of drug-likeness (QED) is 0.766. The SMILES string of the molecule is Cc1ccc(C(N)=S)cc1S(=O)(=O)N(CCO)C(C)C. The molecular formula is C13H20N2O3S2. The number of hydrogen-bond acceptors (Lipinski definition) is 4. The molecule has 3 N–H and O–H groups in total. The van der Waals surface area contributed by atoms with E-state index in [9.17, 15) is 8.42 Å². The van der Waals surface area contributed by atoms with Gasteiger partial charge in [-0.1, -0.05) is 24.4 Å². The van der Waals surface area contributed by atoms with Crippen LogP contribution in [0.2, 0.25) is 0 Å². The zero-order valence-corrected chi connectivity index (χ0v) is 13.5. The van der Waals surface area contributed by atoms with Crippen molar-refractivity contribution in [2.45, 2.75) is 31.7 Å². The van der Waals surface area contributed by atoms with Crippen molar-refractivity contribution in [1.29, 1.82) is 0 Å². The molecule has 1 aromatic carbocycles. The first-order chi connectivity index (χ1) is 9.21. The van der Waals surface area contributed by atoms with Crippen molar-refractivity contribution < 1.29 is 13.5 Å². The van der Waals surface area contributed by atoms with Gasteiger partial charge in [0.2, 0.25) is 10.0 Å². The zero-order valence-electron chi connectivity index (χ0n) is 11.8. The van der Waals surface area contributed by atoms with Gasteiger partial charge in [0.25, 0.3) is 0 Å². The predicted molar refractivity (Wildman–Crippen MR) is 83.2 cm³/mol. The maximum atomic E-state index is 12.7. The second-order valence-electron chi connectivity index (χ2n) is 4.78. The van der Waals surface area contributed by atoms with E-state index >= 15 is 0 Å². The van der Waals surface area contributed by atoms with E-state index in [4.69, 9.17) is 23.1 Å². The van der Waals surface area contributed by atoms with Gasteiger partial charge in [-0.15, -0.1) is 0 Å². The Morgan fingerprint density at radius 1 is 1.45 bits per heavy atom. The molecule has 0 saturated carbocycles. The van der Waals surface area contributed by atoms with Crippen molar-refractivity contribution in [1.82, 2.24) is 4.31 Å². The summed E-state index contributed by atoms with van der Waals surface area (Å²) in [6.07, 6.45) is 0. The van der Waals surface area contributed by atoms with Crippen LogP contribution < -0.4 is 5.73 Å². The number of aryl methyl sites for hydroxylation is 1. The third-order valence-corrected chi connectivity index (χ3v) is 5.41. The average Bonchev–Trinajstić information content (AvgIpc) is 2.35. The maximum Gasteiger partial charge on any atom is 0.243 e. The normalized spacial score (nSPS) is 12.1. The lowest BCUT2D eigenvalue weighted by atomic mass is 10.1. The Labute approximate surface area is 125 Å². The number of benzene rings is 1. The minimum absolute atomic E-state index is 0.0523. The first-order valence-electron chi connectivity index (χ1n) is 6.25. The van der Waals surface area contributed by atoms with Gasteiger partial charge in [0.1, 0.15) is 4.99 Å². The van der Waals surface area contributed by atoms with Gasteiger partial charge in [-0.05, 0) is 32.4 Å². The highest BCUT2D eigenvalue weighted by atomic mass is 32.2. The largest absolute Gasteiger partial charge is 0.395 e. The lowest BCUT2D eigenvalue weighted by molar-refractivity contribution is 0.236. The number of sulfonamides is 1. The first-order valence-corrected chi connectivity index (χ1v) is 8.09. The molecule has 5 nitrogen and oxygen atoms in total. The van der Waals surface area contributed by atoms with Gasteiger partial charge in [-0.25, -0.2) is 8.42 Å². The molecule has 0 atom stereocenters. The van der Waals surface area contributed by atoms with E-state index in [-0.39, 0.29) is 29.1 Å². The molecule has 112 valence electrons. The van der Waals surface area contributed by atoms with Crippen LogP contribution in [0.25, 0.3) is 0 Å². The van der Waals surface area contributed by atoms with E-state index in [1.54, 1.807) is 32.9 Å². The molecule has 0 radical (unpaired) electrons. The molecule has 0 bridgehead atoms. The van der Waals surface area contributed by atoms with Crippen LogP contribution in [0.3, 0.4) is 0 Å². The highest BCUT2D eigenvalue weighted by Crippen LogP contribution is 2.23. The minimum Gasteiger partial charge on any atom is -0.395 e. The number of aliphatic hydroxyl groups is 1. The van der Waals surface area contributed by atoms with E-state index in [0.717, 1.165) is 0 Å². The molecule has 0 aliphatic rings. The summed E-state index contributed by atoms with van der Waals surface area (Å²) in [6.45, 7) is 5.07. The Balaban J connectivity index is 3.40. The average molecular weight is 316 g/mol. The van der Waals surface area contributed by atoms with Crippen molar-refractivity contribution in [2.75, 3.05) is 13.2 Å². The molecular weight excluding hydrogens is 296 g/mol. The maximum absolute atomic E-state index is 12.7. The van der Waals surface area contributed by atoms with E-state index in [1.807, 2.05) is 0 Å². The number of nitrogens with zero attached hydrogens (tertiary/aromatic N) is 1.